The Morgan fingerprint density at radius 2 is 1.90 bits per heavy atom. The molecule has 0 fully saturated rings. The van der Waals surface area contributed by atoms with Crippen LogP contribution in [0, 0.1) is 11.6 Å². The van der Waals surface area contributed by atoms with Gasteiger partial charge < -0.3 is 4.42 Å². The summed E-state index contributed by atoms with van der Waals surface area (Å²) in [6.07, 6.45) is 0. The summed E-state index contributed by atoms with van der Waals surface area (Å²) in [7, 11) is 0. The fraction of sp³-hybridized carbons (Fsp3) is 0. The Morgan fingerprint density at radius 3 is 2.65 bits per heavy atom. The van der Waals surface area contributed by atoms with Crippen molar-refractivity contribution < 1.29 is 13.2 Å². The third-order valence-electron chi connectivity index (χ3n) is 2.75. The predicted octanol–water partition coefficient (Wildman–Crippen LogP) is 3.90. The second kappa shape index (κ2) is 4.79. The molecule has 0 bridgehead atoms. The fourth-order valence-electron chi connectivity index (χ4n) is 1.82. The van der Waals surface area contributed by atoms with Crippen LogP contribution in [0.3, 0.4) is 0 Å². The van der Waals surface area contributed by atoms with E-state index >= 15 is 0 Å². The zero-order valence-corrected chi connectivity index (χ0v) is 11.4. The lowest BCUT2D eigenvalue weighted by Crippen LogP contribution is -2.03. The second-order valence-corrected chi connectivity index (χ2v) is 5.01. The molecular weight excluding hydrogens is 332 g/mol. The minimum absolute atomic E-state index is 0.0617. The van der Waals surface area contributed by atoms with Gasteiger partial charge >= 0.3 is 5.63 Å². The van der Waals surface area contributed by atoms with Crippen molar-refractivity contribution in [1.29, 1.82) is 0 Å². The molecule has 2 aromatic carbocycles. The van der Waals surface area contributed by atoms with Gasteiger partial charge in [0, 0.05) is 10.5 Å². The van der Waals surface area contributed by atoms with Crippen LogP contribution in [0.4, 0.5) is 8.78 Å². The monoisotopic (exact) mass is 337 g/mol. The highest BCUT2D eigenvalue weighted by molar-refractivity contribution is 9.10. The highest BCUT2D eigenvalue weighted by Crippen LogP contribution is 2.23. The largest absolute Gasteiger partial charge is 0.403 e. The first-order chi connectivity index (χ1) is 9.54. The van der Waals surface area contributed by atoms with Crippen LogP contribution in [0.2, 0.25) is 0 Å². The molecule has 0 aliphatic rings. The van der Waals surface area contributed by atoms with Crippen molar-refractivity contribution in [2.75, 3.05) is 0 Å². The van der Waals surface area contributed by atoms with Gasteiger partial charge in [-0.1, -0.05) is 15.9 Å². The number of rotatable bonds is 1. The van der Waals surface area contributed by atoms with Gasteiger partial charge in [0.1, 0.15) is 11.6 Å². The number of fused-ring (bicyclic) bond motifs is 1. The Hall–Kier alpha value is -2.08. The van der Waals surface area contributed by atoms with Crippen molar-refractivity contribution in [3.05, 3.63) is 62.9 Å². The van der Waals surface area contributed by atoms with Gasteiger partial charge in [-0.25, -0.2) is 18.6 Å². The number of halogens is 3. The minimum Gasteiger partial charge on any atom is -0.403 e. The average Bonchev–Trinajstić information content (AvgIpc) is 2.39. The maximum absolute atomic E-state index is 13.7. The Kier molecular flexibility index (Phi) is 3.10. The van der Waals surface area contributed by atoms with Crippen molar-refractivity contribution in [1.82, 2.24) is 4.98 Å². The van der Waals surface area contributed by atoms with E-state index in [-0.39, 0.29) is 16.8 Å². The van der Waals surface area contributed by atoms with E-state index in [9.17, 15) is 13.6 Å². The smallest absolute Gasteiger partial charge is 0.347 e. The van der Waals surface area contributed by atoms with Gasteiger partial charge in [-0.3, -0.25) is 0 Å². The average molecular weight is 338 g/mol. The van der Waals surface area contributed by atoms with Crippen LogP contribution >= 0.6 is 15.9 Å². The van der Waals surface area contributed by atoms with Gasteiger partial charge in [-0.15, -0.1) is 0 Å². The molecule has 0 saturated heterocycles. The van der Waals surface area contributed by atoms with Crippen LogP contribution in [0.5, 0.6) is 0 Å². The molecule has 0 aliphatic carbocycles. The maximum atomic E-state index is 13.7. The molecular formula is C14H6BrF2NO2. The van der Waals surface area contributed by atoms with E-state index in [0.29, 0.717) is 16.1 Å². The van der Waals surface area contributed by atoms with Crippen molar-refractivity contribution in [3.8, 4) is 11.5 Å². The van der Waals surface area contributed by atoms with E-state index in [4.69, 9.17) is 4.42 Å². The number of aromatic nitrogens is 1. The van der Waals surface area contributed by atoms with Gasteiger partial charge in [0.15, 0.2) is 0 Å². The summed E-state index contributed by atoms with van der Waals surface area (Å²) in [5, 5.41) is 0.283. The molecule has 3 aromatic rings. The zero-order chi connectivity index (χ0) is 14.3. The first-order valence-corrected chi connectivity index (χ1v) is 6.40. The molecule has 0 N–H and O–H groups in total. The van der Waals surface area contributed by atoms with E-state index in [0.717, 1.165) is 6.07 Å². The Balaban J connectivity index is 2.27. The predicted molar refractivity (Wildman–Crippen MR) is 73.3 cm³/mol. The van der Waals surface area contributed by atoms with E-state index in [1.807, 2.05) is 0 Å². The van der Waals surface area contributed by atoms with Gasteiger partial charge in [0.05, 0.1) is 16.5 Å². The van der Waals surface area contributed by atoms with Crippen LogP contribution in [0.1, 0.15) is 0 Å². The number of benzene rings is 2. The zero-order valence-electron chi connectivity index (χ0n) is 9.86. The lowest BCUT2D eigenvalue weighted by molar-refractivity contribution is 0.510. The van der Waals surface area contributed by atoms with E-state index in [1.165, 1.54) is 6.07 Å². The standard InChI is InChI=1S/C14H6BrF2NO2/c15-7-1-4-12-10(5-7)14(19)20-13(18-12)9-3-2-8(16)6-11(9)17/h1-6H. The molecule has 0 aliphatic heterocycles. The van der Waals surface area contributed by atoms with Gasteiger partial charge in [-0.2, -0.15) is 0 Å². The van der Waals surface area contributed by atoms with Crippen molar-refractivity contribution in [2.45, 2.75) is 0 Å². The molecule has 6 heteroatoms. The third kappa shape index (κ3) is 2.22. The molecule has 20 heavy (non-hydrogen) atoms. The molecule has 0 amide bonds. The first kappa shape index (κ1) is 12.9. The number of hydrogen-bond acceptors (Lipinski definition) is 3. The van der Waals surface area contributed by atoms with Crippen LogP contribution in [-0.2, 0) is 0 Å². The quantitative estimate of drug-likeness (QED) is 0.676. The second-order valence-electron chi connectivity index (χ2n) is 4.09. The summed E-state index contributed by atoms with van der Waals surface area (Å²) in [6.45, 7) is 0. The summed E-state index contributed by atoms with van der Waals surface area (Å²) in [5.41, 5.74) is -0.313. The highest BCUT2D eigenvalue weighted by Gasteiger charge is 2.13. The van der Waals surface area contributed by atoms with Crippen molar-refractivity contribution in [2.24, 2.45) is 0 Å². The van der Waals surface area contributed by atoms with Crippen LogP contribution in [0.25, 0.3) is 22.4 Å². The summed E-state index contributed by atoms with van der Waals surface area (Å²) in [5.74, 6) is -1.72. The van der Waals surface area contributed by atoms with E-state index < -0.39 is 17.3 Å². The van der Waals surface area contributed by atoms with Gasteiger partial charge in [0.2, 0.25) is 5.89 Å². The van der Waals surface area contributed by atoms with Crippen LogP contribution < -0.4 is 5.63 Å². The molecule has 0 spiro atoms. The molecule has 1 aromatic heterocycles. The highest BCUT2D eigenvalue weighted by atomic mass is 79.9. The summed E-state index contributed by atoms with van der Waals surface area (Å²) in [6, 6.07) is 7.86. The van der Waals surface area contributed by atoms with E-state index in [1.54, 1.807) is 18.2 Å². The topological polar surface area (TPSA) is 43.1 Å². The number of hydrogen-bond donors (Lipinski definition) is 0. The molecule has 0 atom stereocenters. The summed E-state index contributed by atoms with van der Waals surface area (Å²) >= 11 is 3.24. The van der Waals surface area contributed by atoms with Gasteiger partial charge in [0.25, 0.3) is 0 Å². The Bertz CT molecular complexity index is 877. The molecule has 3 rings (SSSR count). The summed E-state index contributed by atoms with van der Waals surface area (Å²) < 4.78 is 32.3. The molecule has 0 saturated carbocycles. The first-order valence-electron chi connectivity index (χ1n) is 5.60. The normalized spacial score (nSPS) is 10.9. The van der Waals surface area contributed by atoms with Crippen molar-refractivity contribution in [3.63, 3.8) is 0 Å². The lowest BCUT2D eigenvalue weighted by atomic mass is 10.2. The van der Waals surface area contributed by atoms with Crippen LogP contribution in [-0.4, -0.2) is 4.98 Å². The minimum atomic E-state index is -0.836. The summed E-state index contributed by atoms with van der Waals surface area (Å²) in [4.78, 5) is 16.0. The van der Waals surface area contributed by atoms with Gasteiger partial charge in [-0.05, 0) is 30.3 Å². The lowest BCUT2D eigenvalue weighted by Gasteiger charge is -2.03. The fourth-order valence-corrected chi connectivity index (χ4v) is 2.18. The molecule has 0 radical (unpaired) electrons. The maximum Gasteiger partial charge on any atom is 0.347 e. The van der Waals surface area contributed by atoms with Crippen LogP contribution in [0.15, 0.2) is 50.1 Å². The third-order valence-corrected chi connectivity index (χ3v) is 3.24. The Labute approximate surface area is 120 Å². The number of nitrogens with zero attached hydrogens (tertiary/aromatic N) is 1. The Morgan fingerprint density at radius 1 is 1.10 bits per heavy atom. The molecule has 0 unspecified atom stereocenters. The van der Waals surface area contributed by atoms with E-state index in [2.05, 4.69) is 20.9 Å². The van der Waals surface area contributed by atoms with Crippen molar-refractivity contribution >= 4 is 26.8 Å². The molecule has 100 valence electrons. The SMILES string of the molecule is O=c1oc(-c2ccc(F)cc2F)nc2ccc(Br)cc12. The molecule has 3 nitrogen and oxygen atoms in total. The molecule has 1 heterocycles.